The molecule has 45 heavy (non-hydrogen) atoms. The van der Waals surface area contributed by atoms with E-state index in [-0.39, 0.29) is 0 Å². The van der Waals surface area contributed by atoms with Gasteiger partial charge in [0.15, 0.2) is 0 Å². The third-order valence-corrected chi connectivity index (χ3v) is 8.82. The minimum Gasteiger partial charge on any atom is -0.311 e. The highest BCUT2D eigenvalue weighted by atomic mass is 15.1. The molecule has 6 aromatic carbocycles. The Bertz CT molecular complexity index is 1960. The number of hydrogen-bond acceptors (Lipinski definition) is 1. The van der Waals surface area contributed by atoms with Crippen LogP contribution in [-0.2, 0) is 5.41 Å². The average molecular weight is 578 g/mol. The highest BCUT2D eigenvalue weighted by Gasteiger charge is 2.46. The van der Waals surface area contributed by atoms with Crippen LogP contribution in [0.25, 0.3) is 22.3 Å². The molecule has 1 aliphatic carbocycles. The average Bonchev–Trinajstić information content (AvgIpc) is 3.40. The fourth-order valence-electron chi connectivity index (χ4n) is 6.95. The van der Waals surface area contributed by atoms with Crippen molar-refractivity contribution >= 4 is 11.4 Å². The van der Waals surface area contributed by atoms with E-state index in [2.05, 4.69) is 194 Å². The highest BCUT2D eigenvalue weighted by molar-refractivity contribution is 5.88. The molecule has 0 bridgehead atoms. The molecule has 0 spiro atoms. The standard InChI is InChI=1S/C44H35N/c1-3-16-37(17-4-2)45(38-28-26-34(27-29-38)33-18-8-5-9-19-33)39-30-31-41-40-24-14-15-25-42(40)44(43(41)32-39,35-20-10-6-11-21-35)36-22-12-7-13-23-36/h3-32H,1H2,2H3/b17-4-,37-16+. The third kappa shape index (κ3) is 4.83. The minimum atomic E-state index is -0.462. The molecule has 0 amide bonds. The predicted molar refractivity (Wildman–Crippen MR) is 191 cm³/mol. The number of anilines is 2. The van der Waals surface area contributed by atoms with Gasteiger partial charge in [-0.2, -0.15) is 0 Å². The van der Waals surface area contributed by atoms with Gasteiger partial charge in [-0.25, -0.2) is 0 Å². The number of nitrogens with zero attached hydrogens (tertiary/aromatic N) is 1. The summed E-state index contributed by atoms with van der Waals surface area (Å²) >= 11 is 0. The molecule has 0 N–H and O–H groups in total. The van der Waals surface area contributed by atoms with Gasteiger partial charge in [-0.05, 0) is 87.8 Å². The summed E-state index contributed by atoms with van der Waals surface area (Å²) in [6.07, 6.45) is 8.18. The first kappa shape index (κ1) is 28.1. The van der Waals surface area contributed by atoms with Gasteiger partial charge in [0, 0.05) is 17.1 Å². The quantitative estimate of drug-likeness (QED) is 0.162. The van der Waals surface area contributed by atoms with Gasteiger partial charge < -0.3 is 4.90 Å². The molecule has 7 rings (SSSR count). The number of allylic oxidation sites excluding steroid dienone is 4. The molecule has 0 aliphatic heterocycles. The van der Waals surface area contributed by atoms with Crippen molar-refractivity contribution in [2.24, 2.45) is 0 Å². The maximum Gasteiger partial charge on any atom is 0.0714 e. The van der Waals surface area contributed by atoms with Crippen molar-refractivity contribution < 1.29 is 0 Å². The van der Waals surface area contributed by atoms with Gasteiger partial charge in [-0.3, -0.25) is 0 Å². The molecule has 1 nitrogen and oxygen atoms in total. The Morgan fingerprint density at radius 3 is 1.71 bits per heavy atom. The zero-order valence-electron chi connectivity index (χ0n) is 25.5. The van der Waals surface area contributed by atoms with Crippen molar-refractivity contribution in [3.05, 3.63) is 217 Å². The lowest BCUT2D eigenvalue weighted by Crippen LogP contribution is -2.28. The molecule has 0 heterocycles. The highest BCUT2D eigenvalue weighted by Crippen LogP contribution is 2.57. The number of benzene rings is 6. The molecule has 1 aliphatic rings. The Balaban J connectivity index is 1.48. The zero-order valence-corrected chi connectivity index (χ0v) is 25.5. The molecule has 216 valence electrons. The van der Waals surface area contributed by atoms with Crippen LogP contribution in [0.1, 0.15) is 29.2 Å². The Hall–Kier alpha value is -5.66. The normalized spacial score (nSPS) is 13.3. The van der Waals surface area contributed by atoms with Crippen LogP contribution in [0.4, 0.5) is 11.4 Å². The maximum absolute atomic E-state index is 4.06. The van der Waals surface area contributed by atoms with Gasteiger partial charge in [-0.15, -0.1) is 0 Å². The van der Waals surface area contributed by atoms with E-state index in [1.807, 2.05) is 6.08 Å². The summed E-state index contributed by atoms with van der Waals surface area (Å²) in [6.45, 7) is 6.11. The summed E-state index contributed by atoms with van der Waals surface area (Å²) in [5, 5.41) is 0. The summed E-state index contributed by atoms with van der Waals surface area (Å²) < 4.78 is 0. The third-order valence-electron chi connectivity index (χ3n) is 8.82. The van der Waals surface area contributed by atoms with E-state index in [0.717, 1.165) is 17.1 Å². The van der Waals surface area contributed by atoms with Crippen molar-refractivity contribution in [2.75, 3.05) is 4.90 Å². The molecule has 0 saturated carbocycles. The topological polar surface area (TPSA) is 3.24 Å². The van der Waals surface area contributed by atoms with E-state index in [0.29, 0.717) is 0 Å². The van der Waals surface area contributed by atoms with Crippen molar-refractivity contribution in [1.29, 1.82) is 0 Å². The predicted octanol–water partition coefficient (Wildman–Crippen LogP) is 11.5. The van der Waals surface area contributed by atoms with Crippen LogP contribution in [0.5, 0.6) is 0 Å². The smallest absolute Gasteiger partial charge is 0.0714 e. The second kappa shape index (κ2) is 12.1. The molecule has 0 aromatic heterocycles. The monoisotopic (exact) mass is 577 g/mol. The molecule has 0 atom stereocenters. The Labute approximate surface area is 266 Å². The molecule has 0 radical (unpaired) electrons. The van der Waals surface area contributed by atoms with Crippen LogP contribution < -0.4 is 4.90 Å². The van der Waals surface area contributed by atoms with Crippen LogP contribution in [0, 0.1) is 0 Å². The van der Waals surface area contributed by atoms with Crippen molar-refractivity contribution in [2.45, 2.75) is 12.3 Å². The molecular formula is C44H35N. The van der Waals surface area contributed by atoms with Gasteiger partial charge in [0.25, 0.3) is 0 Å². The summed E-state index contributed by atoms with van der Waals surface area (Å²) in [5.41, 5.74) is 12.8. The van der Waals surface area contributed by atoms with E-state index in [4.69, 9.17) is 0 Å². The second-order valence-electron chi connectivity index (χ2n) is 11.3. The summed E-state index contributed by atoms with van der Waals surface area (Å²) in [4.78, 5) is 2.33. The lowest BCUT2D eigenvalue weighted by atomic mass is 9.67. The van der Waals surface area contributed by atoms with E-state index in [9.17, 15) is 0 Å². The molecule has 0 unspecified atom stereocenters. The van der Waals surface area contributed by atoms with Gasteiger partial charge in [0.05, 0.1) is 5.41 Å². The van der Waals surface area contributed by atoms with E-state index < -0.39 is 5.41 Å². The summed E-state index contributed by atoms with van der Waals surface area (Å²) in [5.74, 6) is 0. The molecule has 6 aromatic rings. The largest absolute Gasteiger partial charge is 0.311 e. The molecule has 1 heteroatoms. The van der Waals surface area contributed by atoms with Crippen LogP contribution in [-0.4, -0.2) is 0 Å². The maximum atomic E-state index is 4.06. The van der Waals surface area contributed by atoms with E-state index in [1.54, 1.807) is 0 Å². The summed E-state index contributed by atoms with van der Waals surface area (Å²) in [6, 6.07) is 57.2. The SMILES string of the molecule is C=C/C=C(\C=C/C)N(c1ccc(-c2ccccc2)cc1)c1ccc2c(c1)C(c1ccccc1)(c1ccccc1)c1ccccc1-2. The summed E-state index contributed by atoms with van der Waals surface area (Å²) in [7, 11) is 0. The van der Waals surface area contributed by atoms with E-state index in [1.165, 1.54) is 44.5 Å². The minimum absolute atomic E-state index is 0.462. The Kier molecular flexibility index (Phi) is 7.59. The number of fused-ring (bicyclic) bond motifs is 3. The lowest BCUT2D eigenvalue weighted by molar-refractivity contribution is 0.768. The second-order valence-corrected chi connectivity index (χ2v) is 11.3. The number of hydrogen-bond donors (Lipinski definition) is 0. The number of rotatable bonds is 8. The van der Waals surface area contributed by atoms with E-state index >= 15 is 0 Å². The fourth-order valence-corrected chi connectivity index (χ4v) is 6.95. The van der Waals surface area contributed by atoms with Crippen LogP contribution >= 0.6 is 0 Å². The zero-order chi connectivity index (χ0) is 30.6. The van der Waals surface area contributed by atoms with Gasteiger partial charge in [0.1, 0.15) is 0 Å². The fraction of sp³-hybridized carbons (Fsp3) is 0.0455. The molecular weight excluding hydrogens is 542 g/mol. The van der Waals surface area contributed by atoms with Gasteiger partial charge in [-0.1, -0.05) is 152 Å². The first-order valence-corrected chi connectivity index (χ1v) is 15.5. The van der Waals surface area contributed by atoms with Gasteiger partial charge >= 0.3 is 0 Å². The van der Waals surface area contributed by atoms with Crippen LogP contribution in [0.2, 0.25) is 0 Å². The Morgan fingerprint density at radius 1 is 0.556 bits per heavy atom. The lowest BCUT2D eigenvalue weighted by Gasteiger charge is -2.35. The van der Waals surface area contributed by atoms with Crippen molar-refractivity contribution in [3.8, 4) is 22.3 Å². The van der Waals surface area contributed by atoms with Crippen LogP contribution in [0.15, 0.2) is 194 Å². The molecule has 0 fully saturated rings. The van der Waals surface area contributed by atoms with Crippen LogP contribution in [0.3, 0.4) is 0 Å². The van der Waals surface area contributed by atoms with Gasteiger partial charge in [0.2, 0.25) is 0 Å². The first-order chi connectivity index (χ1) is 22.3. The van der Waals surface area contributed by atoms with Crippen molar-refractivity contribution in [1.82, 2.24) is 0 Å². The Morgan fingerprint density at radius 2 is 1.09 bits per heavy atom. The first-order valence-electron chi connectivity index (χ1n) is 15.5. The van der Waals surface area contributed by atoms with Crippen molar-refractivity contribution in [3.63, 3.8) is 0 Å². The molecule has 0 saturated heterocycles.